The first-order valence-electron chi connectivity index (χ1n) is 11.6. The predicted molar refractivity (Wildman–Crippen MR) is 139 cm³/mol. The van der Waals surface area contributed by atoms with Gasteiger partial charge in [-0.2, -0.15) is 30.7 Å². The average Bonchev–Trinajstić information content (AvgIpc) is 2.97. The van der Waals surface area contributed by atoms with Gasteiger partial charge in [0.2, 0.25) is 17.3 Å². The van der Waals surface area contributed by atoms with E-state index in [9.17, 15) is 44.7 Å². The van der Waals surface area contributed by atoms with Gasteiger partial charge in [0, 0.05) is 36.4 Å². The summed E-state index contributed by atoms with van der Waals surface area (Å²) in [6.45, 7) is 0. The molecule has 0 spiro atoms. The Hall–Kier alpha value is -6.33. The zero-order valence-electron chi connectivity index (χ0n) is 20.9. The van der Waals surface area contributed by atoms with Gasteiger partial charge in [0.15, 0.2) is 18.1 Å². The van der Waals surface area contributed by atoms with Crippen molar-refractivity contribution in [2.45, 2.75) is 18.1 Å². The van der Waals surface area contributed by atoms with E-state index in [1.807, 2.05) is 0 Å². The molecule has 18 heteroatoms. The maximum atomic E-state index is 13.1. The second-order valence-corrected chi connectivity index (χ2v) is 8.38. The van der Waals surface area contributed by atoms with E-state index in [1.165, 1.54) is 36.4 Å². The van der Waals surface area contributed by atoms with Crippen LogP contribution in [0.3, 0.4) is 0 Å². The third kappa shape index (κ3) is 6.45. The van der Waals surface area contributed by atoms with Gasteiger partial charge in [0.25, 0.3) is 17.1 Å². The molecule has 0 unspecified atom stereocenters. The molecule has 210 valence electrons. The molecule has 1 fully saturated rings. The van der Waals surface area contributed by atoms with E-state index < -0.39 is 50.2 Å². The SMILES string of the molecule is O=C1C(N=Nc2ccc([N+](=O)[O-])cc2)C(=O)C(N=Nc2ccc([N+](=O)[O-])cc2)C(=O)C1N=Nc1ccc([N+](=O)[O-])cc1. The van der Waals surface area contributed by atoms with Crippen LogP contribution in [0.2, 0.25) is 0 Å². The van der Waals surface area contributed by atoms with Gasteiger partial charge in [0.05, 0.1) is 31.8 Å². The van der Waals surface area contributed by atoms with Gasteiger partial charge in [-0.05, 0) is 36.4 Å². The highest BCUT2D eigenvalue weighted by Gasteiger charge is 2.50. The van der Waals surface area contributed by atoms with E-state index in [-0.39, 0.29) is 34.1 Å². The fourth-order valence-corrected chi connectivity index (χ4v) is 3.51. The molecule has 3 aromatic carbocycles. The number of ketones is 3. The number of Topliss-reactive ketones (excluding diaryl/α,β-unsaturated/α-hetero) is 3. The normalized spacial score (nSPS) is 19.1. The van der Waals surface area contributed by atoms with Crippen molar-refractivity contribution < 1.29 is 29.2 Å². The lowest BCUT2D eigenvalue weighted by atomic mass is 9.85. The summed E-state index contributed by atoms with van der Waals surface area (Å²) in [4.78, 5) is 70.1. The number of nitrogens with zero attached hydrogens (tertiary/aromatic N) is 9. The molecule has 0 N–H and O–H groups in total. The Morgan fingerprint density at radius 3 is 0.833 bits per heavy atom. The number of hydrogen-bond donors (Lipinski definition) is 0. The molecule has 1 saturated carbocycles. The van der Waals surface area contributed by atoms with Crippen molar-refractivity contribution in [2.24, 2.45) is 30.7 Å². The number of carbonyl (C=O) groups is 3. The Labute approximate surface area is 233 Å². The minimum Gasteiger partial charge on any atom is -0.294 e. The van der Waals surface area contributed by atoms with Crippen LogP contribution >= 0.6 is 0 Å². The monoisotopic (exact) mass is 573 g/mol. The summed E-state index contributed by atoms with van der Waals surface area (Å²) < 4.78 is 0. The highest BCUT2D eigenvalue weighted by Crippen LogP contribution is 2.26. The third-order valence-electron chi connectivity index (χ3n) is 5.66. The lowest BCUT2D eigenvalue weighted by molar-refractivity contribution is -0.385. The molecular formula is C24H15N9O9. The van der Waals surface area contributed by atoms with Crippen LogP contribution in [-0.2, 0) is 14.4 Å². The van der Waals surface area contributed by atoms with Gasteiger partial charge in [-0.25, -0.2) is 0 Å². The molecule has 0 bridgehead atoms. The zero-order chi connectivity index (χ0) is 30.4. The van der Waals surface area contributed by atoms with Gasteiger partial charge in [-0.15, -0.1) is 0 Å². The van der Waals surface area contributed by atoms with Crippen LogP contribution in [0.1, 0.15) is 0 Å². The second kappa shape index (κ2) is 12.2. The van der Waals surface area contributed by atoms with E-state index in [0.717, 1.165) is 36.4 Å². The third-order valence-corrected chi connectivity index (χ3v) is 5.66. The van der Waals surface area contributed by atoms with Crippen molar-refractivity contribution in [1.82, 2.24) is 0 Å². The molecule has 0 aliphatic heterocycles. The largest absolute Gasteiger partial charge is 0.294 e. The Morgan fingerprint density at radius 1 is 0.429 bits per heavy atom. The standard InChI is InChI=1S/C24H15N9O9/c34-22-19(28-25-13-1-7-16(8-2-13)31(37)38)23(35)21(30-27-15-5-11-18(12-6-15)33(41)42)24(36)20(22)29-26-14-3-9-17(10-4-14)32(39)40/h1-12,19-21H. The first kappa shape index (κ1) is 28.7. The Morgan fingerprint density at radius 2 is 0.643 bits per heavy atom. The summed E-state index contributed by atoms with van der Waals surface area (Å²) >= 11 is 0. The summed E-state index contributed by atoms with van der Waals surface area (Å²) in [7, 11) is 0. The van der Waals surface area contributed by atoms with Gasteiger partial charge >= 0.3 is 0 Å². The fraction of sp³-hybridized carbons (Fsp3) is 0.125. The molecule has 0 atom stereocenters. The fourth-order valence-electron chi connectivity index (χ4n) is 3.51. The summed E-state index contributed by atoms with van der Waals surface area (Å²) in [5.74, 6) is -3.24. The molecule has 0 radical (unpaired) electrons. The van der Waals surface area contributed by atoms with Crippen molar-refractivity contribution in [3.63, 3.8) is 0 Å². The van der Waals surface area contributed by atoms with Crippen LogP contribution in [0.5, 0.6) is 0 Å². The average molecular weight is 573 g/mol. The van der Waals surface area contributed by atoms with Crippen molar-refractivity contribution in [3.05, 3.63) is 103 Å². The summed E-state index contributed by atoms with van der Waals surface area (Å²) in [5, 5.41) is 55.2. The van der Waals surface area contributed by atoms with E-state index in [4.69, 9.17) is 0 Å². The van der Waals surface area contributed by atoms with E-state index in [1.54, 1.807) is 0 Å². The van der Waals surface area contributed by atoms with Gasteiger partial charge < -0.3 is 0 Å². The molecule has 0 saturated heterocycles. The van der Waals surface area contributed by atoms with Gasteiger partial charge in [-0.1, -0.05) is 0 Å². The number of rotatable bonds is 9. The van der Waals surface area contributed by atoms with Crippen molar-refractivity contribution in [2.75, 3.05) is 0 Å². The quantitative estimate of drug-likeness (QED) is 0.146. The number of hydrogen-bond acceptors (Lipinski definition) is 15. The topological polar surface area (TPSA) is 255 Å². The van der Waals surface area contributed by atoms with Crippen LogP contribution in [0, 0.1) is 30.3 Å². The predicted octanol–water partition coefficient (Wildman–Crippen LogP) is 4.89. The molecule has 4 rings (SSSR count). The lowest BCUT2D eigenvalue weighted by Gasteiger charge is -2.23. The number of azo groups is 3. The maximum Gasteiger partial charge on any atom is 0.269 e. The maximum absolute atomic E-state index is 13.1. The molecule has 1 aliphatic carbocycles. The van der Waals surface area contributed by atoms with E-state index in [0.29, 0.717) is 0 Å². The highest BCUT2D eigenvalue weighted by molar-refractivity contribution is 6.30. The first-order chi connectivity index (χ1) is 20.0. The van der Waals surface area contributed by atoms with Crippen molar-refractivity contribution in [3.8, 4) is 0 Å². The molecule has 42 heavy (non-hydrogen) atoms. The summed E-state index contributed by atoms with van der Waals surface area (Å²) in [6, 6.07) is 8.50. The zero-order valence-corrected chi connectivity index (χ0v) is 20.9. The first-order valence-corrected chi connectivity index (χ1v) is 11.6. The minimum absolute atomic E-state index is 0.0613. The van der Waals surface area contributed by atoms with Crippen molar-refractivity contribution >= 4 is 51.5 Å². The molecule has 3 aromatic rings. The molecule has 18 nitrogen and oxygen atoms in total. The highest BCUT2D eigenvalue weighted by atomic mass is 16.6. The Kier molecular flexibility index (Phi) is 8.36. The van der Waals surface area contributed by atoms with Crippen LogP contribution in [0.25, 0.3) is 0 Å². The number of nitro groups is 3. The Bertz CT molecular complexity index is 1450. The van der Waals surface area contributed by atoms with E-state index in [2.05, 4.69) is 30.7 Å². The van der Waals surface area contributed by atoms with Gasteiger partial charge in [-0.3, -0.25) is 44.7 Å². The number of non-ortho nitro benzene ring substituents is 3. The minimum atomic E-state index is -1.88. The lowest BCUT2D eigenvalue weighted by Crippen LogP contribution is -2.54. The number of nitro benzene ring substituents is 3. The summed E-state index contributed by atoms with van der Waals surface area (Å²) in [5.41, 5.74) is -0.517. The molecule has 1 aliphatic rings. The molecular weight excluding hydrogens is 558 g/mol. The van der Waals surface area contributed by atoms with Crippen LogP contribution in [0.4, 0.5) is 34.1 Å². The smallest absolute Gasteiger partial charge is 0.269 e. The molecule has 0 amide bonds. The number of benzene rings is 3. The van der Waals surface area contributed by atoms with Gasteiger partial charge in [0.1, 0.15) is 0 Å². The van der Waals surface area contributed by atoms with Crippen LogP contribution in [0.15, 0.2) is 103 Å². The van der Waals surface area contributed by atoms with Crippen LogP contribution in [-0.4, -0.2) is 50.2 Å². The van der Waals surface area contributed by atoms with Crippen molar-refractivity contribution in [1.29, 1.82) is 0 Å². The molecule has 0 aromatic heterocycles. The molecule has 0 heterocycles. The Balaban J connectivity index is 1.65. The van der Waals surface area contributed by atoms with E-state index >= 15 is 0 Å². The van der Waals surface area contributed by atoms with Crippen LogP contribution < -0.4 is 0 Å². The second-order valence-electron chi connectivity index (χ2n) is 8.38. The number of carbonyl (C=O) groups excluding carboxylic acids is 3. The summed E-state index contributed by atoms with van der Waals surface area (Å²) in [6.07, 6.45) is 0.